The molecular weight excluding hydrogens is 218 g/mol. The van der Waals surface area contributed by atoms with Gasteiger partial charge in [0, 0.05) is 6.42 Å². The summed E-state index contributed by atoms with van der Waals surface area (Å²) in [6.07, 6.45) is 4.26. The Kier molecular flexibility index (Phi) is 4.54. The zero-order valence-corrected chi connectivity index (χ0v) is 11.3. The number of nitrogens with zero attached hydrogens (tertiary/aromatic N) is 1. The number of unbranched alkanes of at least 4 members (excludes halogenated alkanes) is 2. The van der Waals surface area contributed by atoms with Crippen molar-refractivity contribution in [3.8, 4) is 0 Å². The van der Waals surface area contributed by atoms with E-state index >= 15 is 0 Å². The molecule has 0 bridgehead atoms. The van der Waals surface area contributed by atoms with Crippen molar-refractivity contribution < 1.29 is 14.3 Å². The first kappa shape index (κ1) is 14.0. The van der Waals surface area contributed by atoms with Crippen LogP contribution in [0.5, 0.6) is 0 Å². The van der Waals surface area contributed by atoms with Gasteiger partial charge in [-0.05, 0) is 27.2 Å². The standard InChI is InChI=1S/C13H23NO3/c1-5-6-7-8-10-9-11(15)14(10)12(16)17-13(2,3)4/h10H,5-9H2,1-4H3. The van der Waals surface area contributed by atoms with Gasteiger partial charge in [0.25, 0.3) is 0 Å². The van der Waals surface area contributed by atoms with Gasteiger partial charge in [0.15, 0.2) is 0 Å². The van der Waals surface area contributed by atoms with Crippen LogP contribution in [0.3, 0.4) is 0 Å². The molecule has 1 unspecified atom stereocenters. The first-order valence-corrected chi connectivity index (χ1v) is 6.40. The van der Waals surface area contributed by atoms with Crippen LogP contribution in [0.1, 0.15) is 59.8 Å². The lowest BCUT2D eigenvalue weighted by atomic mass is 9.96. The Balaban J connectivity index is 2.44. The molecule has 0 aliphatic carbocycles. The summed E-state index contributed by atoms with van der Waals surface area (Å²) in [5.74, 6) is -0.110. The van der Waals surface area contributed by atoms with Gasteiger partial charge in [0.05, 0.1) is 6.04 Å². The molecule has 1 fully saturated rings. The number of rotatable bonds is 4. The summed E-state index contributed by atoms with van der Waals surface area (Å²) < 4.78 is 5.21. The molecule has 2 amide bonds. The average Bonchev–Trinajstić information content (AvgIpc) is 2.13. The topological polar surface area (TPSA) is 46.6 Å². The summed E-state index contributed by atoms with van der Waals surface area (Å²) in [6, 6.07) is 0.0592. The third kappa shape index (κ3) is 4.02. The second-order valence-corrected chi connectivity index (χ2v) is 5.60. The second-order valence-electron chi connectivity index (χ2n) is 5.60. The van der Waals surface area contributed by atoms with Gasteiger partial charge in [-0.1, -0.05) is 26.2 Å². The van der Waals surface area contributed by atoms with Crippen LogP contribution in [0.25, 0.3) is 0 Å². The number of hydrogen-bond acceptors (Lipinski definition) is 3. The van der Waals surface area contributed by atoms with Gasteiger partial charge in [0.1, 0.15) is 5.60 Å². The van der Waals surface area contributed by atoms with Crippen molar-refractivity contribution in [2.75, 3.05) is 0 Å². The maximum Gasteiger partial charge on any atom is 0.417 e. The molecule has 1 saturated heterocycles. The second kappa shape index (κ2) is 5.52. The largest absolute Gasteiger partial charge is 0.443 e. The molecule has 4 heteroatoms. The van der Waals surface area contributed by atoms with E-state index in [2.05, 4.69) is 6.92 Å². The molecule has 0 radical (unpaired) electrons. The van der Waals surface area contributed by atoms with Crippen LogP contribution < -0.4 is 0 Å². The van der Waals surface area contributed by atoms with Crippen LogP contribution in [0.4, 0.5) is 4.79 Å². The van der Waals surface area contributed by atoms with Crippen molar-refractivity contribution in [3.05, 3.63) is 0 Å². The number of hydrogen-bond donors (Lipinski definition) is 0. The molecule has 98 valence electrons. The number of ether oxygens (including phenoxy) is 1. The van der Waals surface area contributed by atoms with Crippen molar-refractivity contribution >= 4 is 12.0 Å². The van der Waals surface area contributed by atoms with Crippen molar-refractivity contribution in [2.24, 2.45) is 0 Å². The number of likely N-dealkylation sites (tertiary alicyclic amines) is 1. The quantitative estimate of drug-likeness (QED) is 0.561. The number of imide groups is 1. The van der Waals surface area contributed by atoms with Crippen LogP contribution in [0.2, 0.25) is 0 Å². The van der Waals surface area contributed by atoms with Crippen molar-refractivity contribution in [3.63, 3.8) is 0 Å². The number of β-lactam (4-membered cyclic amide) rings is 1. The van der Waals surface area contributed by atoms with Crippen molar-refractivity contribution in [1.82, 2.24) is 4.90 Å². The van der Waals surface area contributed by atoms with E-state index in [4.69, 9.17) is 4.74 Å². The smallest absolute Gasteiger partial charge is 0.417 e. The normalized spacial score (nSPS) is 20.1. The minimum absolute atomic E-state index is 0.0592. The Morgan fingerprint density at radius 2 is 2.06 bits per heavy atom. The van der Waals surface area contributed by atoms with E-state index in [9.17, 15) is 9.59 Å². The molecule has 0 saturated carbocycles. The summed E-state index contributed by atoms with van der Waals surface area (Å²) in [4.78, 5) is 24.5. The van der Waals surface area contributed by atoms with Gasteiger partial charge in [-0.15, -0.1) is 0 Å². The summed E-state index contributed by atoms with van der Waals surface area (Å²) >= 11 is 0. The monoisotopic (exact) mass is 241 g/mol. The predicted molar refractivity (Wildman–Crippen MR) is 65.6 cm³/mol. The number of carbonyl (C=O) groups excluding carboxylic acids is 2. The molecule has 0 aromatic heterocycles. The van der Waals surface area contributed by atoms with Gasteiger partial charge in [0.2, 0.25) is 5.91 Å². The van der Waals surface area contributed by atoms with Crippen LogP contribution in [0, 0.1) is 0 Å². The number of amides is 2. The highest BCUT2D eigenvalue weighted by atomic mass is 16.6. The summed E-state index contributed by atoms with van der Waals surface area (Å²) in [6.45, 7) is 7.56. The molecule has 1 aliphatic rings. The molecule has 4 nitrogen and oxygen atoms in total. The van der Waals surface area contributed by atoms with Crippen molar-refractivity contribution in [2.45, 2.75) is 71.4 Å². The fraction of sp³-hybridized carbons (Fsp3) is 0.846. The first-order chi connectivity index (χ1) is 7.85. The predicted octanol–water partition coefficient (Wildman–Crippen LogP) is 3.10. The maximum atomic E-state index is 11.8. The SMILES string of the molecule is CCCCCC1CC(=O)N1C(=O)OC(C)(C)C. The molecule has 1 rings (SSSR count). The Morgan fingerprint density at radius 1 is 1.41 bits per heavy atom. The summed E-state index contributed by atoms with van der Waals surface area (Å²) in [5.41, 5.74) is -0.541. The fourth-order valence-electron chi connectivity index (χ4n) is 1.91. The lowest BCUT2D eigenvalue weighted by molar-refractivity contribution is -0.144. The van der Waals surface area contributed by atoms with Crippen LogP contribution in [-0.2, 0) is 9.53 Å². The Bertz CT molecular complexity index is 294. The Labute approximate surface area is 103 Å². The average molecular weight is 241 g/mol. The molecule has 0 spiro atoms. The minimum Gasteiger partial charge on any atom is -0.443 e. The van der Waals surface area contributed by atoms with E-state index in [0.29, 0.717) is 6.42 Å². The van der Waals surface area contributed by atoms with Gasteiger partial charge in [-0.3, -0.25) is 4.79 Å². The molecule has 0 N–H and O–H groups in total. The fourth-order valence-corrected chi connectivity index (χ4v) is 1.91. The lowest BCUT2D eigenvalue weighted by Gasteiger charge is -2.39. The zero-order valence-electron chi connectivity index (χ0n) is 11.3. The molecule has 1 heterocycles. The highest BCUT2D eigenvalue weighted by Gasteiger charge is 2.42. The van der Waals surface area contributed by atoms with E-state index in [0.717, 1.165) is 25.7 Å². The third-order valence-electron chi connectivity index (χ3n) is 2.78. The van der Waals surface area contributed by atoms with Crippen LogP contribution in [0.15, 0.2) is 0 Å². The lowest BCUT2D eigenvalue weighted by Crippen LogP contribution is -2.56. The first-order valence-electron chi connectivity index (χ1n) is 6.40. The summed E-state index contributed by atoms with van der Waals surface area (Å²) in [5, 5.41) is 0. The third-order valence-corrected chi connectivity index (χ3v) is 2.78. The molecule has 17 heavy (non-hydrogen) atoms. The minimum atomic E-state index is -0.541. The van der Waals surface area contributed by atoms with Gasteiger partial charge < -0.3 is 4.74 Å². The Morgan fingerprint density at radius 3 is 2.53 bits per heavy atom. The molecule has 1 aliphatic heterocycles. The van der Waals surface area contributed by atoms with E-state index < -0.39 is 11.7 Å². The zero-order chi connectivity index (χ0) is 13.1. The highest BCUT2D eigenvalue weighted by molar-refractivity contribution is 5.97. The Hall–Kier alpha value is -1.06. The van der Waals surface area contributed by atoms with Gasteiger partial charge >= 0.3 is 6.09 Å². The summed E-state index contributed by atoms with van der Waals surface area (Å²) in [7, 11) is 0. The number of carbonyl (C=O) groups is 2. The highest BCUT2D eigenvalue weighted by Crippen LogP contribution is 2.26. The van der Waals surface area contributed by atoms with Gasteiger partial charge in [-0.2, -0.15) is 0 Å². The van der Waals surface area contributed by atoms with E-state index in [1.54, 1.807) is 20.8 Å². The van der Waals surface area contributed by atoms with Crippen LogP contribution >= 0.6 is 0 Å². The molecule has 0 aromatic carbocycles. The molecule has 1 atom stereocenters. The van der Waals surface area contributed by atoms with E-state index in [1.165, 1.54) is 4.90 Å². The molecular formula is C13H23NO3. The maximum absolute atomic E-state index is 11.8. The van der Waals surface area contributed by atoms with E-state index in [1.807, 2.05) is 0 Å². The molecule has 0 aromatic rings. The van der Waals surface area contributed by atoms with Crippen molar-refractivity contribution in [1.29, 1.82) is 0 Å². The van der Waals surface area contributed by atoms with E-state index in [-0.39, 0.29) is 11.9 Å². The van der Waals surface area contributed by atoms with Crippen LogP contribution in [-0.4, -0.2) is 28.5 Å². The van der Waals surface area contributed by atoms with Gasteiger partial charge in [-0.25, -0.2) is 9.69 Å².